The summed E-state index contributed by atoms with van der Waals surface area (Å²) in [7, 11) is 0. The van der Waals surface area contributed by atoms with Crippen molar-refractivity contribution < 1.29 is 14.3 Å². The summed E-state index contributed by atoms with van der Waals surface area (Å²) in [4.78, 5) is 7.07. The number of aliphatic hydroxyl groups excluding tert-OH is 1. The van der Waals surface area contributed by atoms with Crippen molar-refractivity contribution in [1.82, 2.24) is 15.5 Å². The van der Waals surface area contributed by atoms with Crippen molar-refractivity contribution in [2.75, 3.05) is 52.5 Å². The molecule has 0 bridgehead atoms. The predicted octanol–water partition coefficient (Wildman–Crippen LogP) is 0.851. The molecule has 0 spiro atoms. The van der Waals surface area contributed by atoms with E-state index in [1.54, 1.807) is 6.26 Å². The van der Waals surface area contributed by atoms with Gasteiger partial charge in [0.1, 0.15) is 5.76 Å². The maximum absolute atomic E-state index is 9.41. The molecule has 0 radical (unpaired) electrons. The summed E-state index contributed by atoms with van der Waals surface area (Å²) in [5.74, 6) is 1.71. The molecule has 0 aliphatic carbocycles. The maximum atomic E-state index is 9.41. The summed E-state index contributed by atoms with van der Waals surface area (Å²) in [6.07, 6.45) is 4.36. The zero-order chi connectivity index (χ0) is 17.7. The van der Waals surface area contributed by atoms with Crippen molar-refractivity contribution >= 4 is 5.96 Å². The smallest absolute Gasteiger partial charge is 0.191 e. The molecule has 0 unspecified atom stereocenters. The van der Waals surface area contributed by atoms with E-state index in [0.717, 1.165) is 76.9 Å². The van der Waals surface area contributed by atoms with Gasteiger partial charge in [-0.05, 0) is 25.0 Å². The van der Waals surface area contributed by atoms with Crippen molar-refractivity contribution in [3.8, 4) is 0 Å². The Morgan fingerprint density at radius 2 is 2.24 bits per heavy atom. The van der Waals surface area contributed by atoms with Gasteiger partial charge in [-0.2, -0.15) is 0 Å². The zero-order valence-corrected chi connectivity index (χ0v) is 15.2. The SMILES string of the molecule is CC[C@H](CO)NC(=NCCCN1CCOCC1)NCCc1ccco1. The number of aliphatic imine (C=N–C) groups is 1. The van der Waals surface area contributed by atoms with Crippen molar-refractivity contribution in [1.29, 1.82) is 0 Å². The van der Waals surface area contributed by atoms with E-state index in [-0.39, 0.29) is 12.6 Å². The van der Waals surface area contributed by atoms with Gasteiger partial charge in [0.25, 0.3) is 0 Å². The molecule has 0 aromatic carbocycles. The van der Waals surface area contributed by atoms with E-state index in [0.29, 0.717) is 0 Å². The molecule has 25 heavy (non-hydrogen) atoms. The van der Waals surface area contributed by atoms with Crippen LogP contribution in [0.15, 0.2) is 27.8 Å². The second-order valence-electron chi connectivity index (χ2n) is 6.23. The van der Waals surface area contributed by atoms with Crippen LogP contribution in [-0.4, -0.2) is 74.6 Å². The second kappa shape index (κ2) is 11.9. The molecule has 1 fully saturated rings. The largest absolute Gasteiger partial charge is 0.469 e. The summed E-state index contributed by atoms with van der Waals surface area (Å²) in [5.41, 5.74) is 0. The Labute approximate surface area is 150 Å². The lowest BCUT2D eigenvalue weighted by Gasteiger charge is -2.26. The van der Waals surface area contributed by atoms with Crippen LogP contribution in [0.1, 0.15) is 25.5 Å². The average Bonchev–Trinajstić information content (AvgIpc) is 3.17. The Morgan fingerprint density at radius 1 is 1.40 bits per heavy atom. The molecule has 3 N–H and O–H groups in total. The van der Waals surface area contributed by atoms with E-state index in [9.17, 15) is 5.11 Å². The minimum atomic E-state index is 0.0223. The van der Waals surface area contributed by atoms with Gasteiger partial charge in [-0.15, -0.1) is 0 Å². The molecule has 2 rings (SSSR count). The van der Waals surface area contributed by atoms with Crippen LogP contribution >= 0.6 is 0 Å². The lowest BCUT2D eigenvalue weighted by molar-refractivity contribution is 0.0377. The predicted molar refractivity (Wildman–Crippen MR) is 98.9 cm³/mol. The van der Waals surface area contributed by atoms with Crippen LogP contribution in [0.5, 0.6) is 0 Å². The van der Waals surface area contributed by atoms with Crippen molar-refractivity contribution in [2.24, 2.45) is 4.99 Å². The van der Waals surface area contributed by atoms with E-state index in [1.165, 1.54) is 0 Å². The van der Waals surface area contributed by atoms with Gasteiger partial charge in [0, 0.05) is 39.1 Å². The van der Waals surface area contributed by atoms with Gasteiger partial charge in [0.15, 0.2) is 5.96 Å². The van der Waals surface area contributed by atoms with Gasteiger partial charge < -0.3 is 24.9 Å². The number of hydrogen-bond donors (Lipinski definition) is 3. The highest BCUT2D eigenvalue weighted by atomic mass is 16.5. The Kier molecular flexibility index (Phi) is 9.40. The third-order valence-electron chi connectivity index (χ3n) is 4.30. The van der Waals surface area contributed by atoms with E-state index < -0.39 is 0 Å². The minimum Gasteiger partial charge on any atom is -0.469 e. The third kappa shape index (κ3) is 7.90. The molecule has 0 saturated carbocycles. The summed E-state index contributed by atoms with van der Waals surface area (Å²) in [6.45, 7) is 8.38. The van der Waals surface area contributed by atoms with Gasteiger partial charge in [-0.3, -0.25) is 9.89 Å². The molecular weight excluding hydrogens is 320 g/mol. The van der Waals surface area contributed by atoms with Crippen LogP contribution in [0.2, 0.25) is 0 Å². The first kappa shape index (κ1) is 19.8. The molecule has 142 valence electrons. The molecule has 1 saturated heterocycles. The number of hydrogen-bond acceptors (Lipinski definition) is 5. The first-order valence-corrected chi connectivity index (χ1v) is 9.30. The third-order valence-corrected chi connectivity index (χ3v) is 4.30. The number of aliphatic hydroxyl groups is 1. The van der Waals surface area contributed by atoms with Gasteiger partial charge in [-0.25, -0.2) is 0 Å². The standard InChI is InChI=1S/C18H32N4O3/c1-2-16(15-23)21-18(20-8-6-17-5-3-12-25-17)19-7-4-9-22-10-13-24-14-11-22/h3,5,12,16,23H,2,4,6-11,13-15H2,1H3,(H2,19,20,21)/t16-/m1/s1. The molecule has 0 amide bonds. The van der Waals surface area contributed by atoms with E-state index in [2.05, 4.69) is 20.5 Å². The lowest BCUT2D eigenvalue weighted by Crippen LogP contribution is -2.45. The summed E-state index contributed by atoms with van der Waals surface area (Å²) >= 11 is 0. The van der Waals surface area contributed by atoms with Crippen molar-refractivity contribution in [2.45, 2.75) is 32.2 Å². The number of ether oxygens (including phenoxy) is 1. The van der Waals surface area contributed by atoms with Crippen LogP contribution < -0.4 is 10.6 Å². The first-order valence-electron chi connectivity index (χ1n) is 9.30. The highest BCUT2D eigenvalue weighted by Crippen LogP contribution is 2.00. The van der Waals surface area contributed by atoms with Crippen LogP contribution in [0.4, 0.5) is 0 Å². The van der Waals surface area contributed by atoms with Gasteiger partial charge in [0.05, 0.1) is 32.1 Å². The van der Waals surface area contributed by atoms with E-state index in [4.69, 9.17) is 9.15 Å². The summed E-state index contributed by atoms with van der Waals surface area (Å²) in [5, 5.41) is 16.0. The fraction of sp³-hybridized carbons (Fsp3) is 0.722. The van der Waals surface area contributed by atoms with Crippen LogP contribution in [0, 0.1) is 0 Å². The summed E-state index contributed by atoms with van der Waals surface area (Å²) < 4.78 is 10.7. The quantitative estimate of drug-likeness (QED) is 0.329. The van der Waals surface area contributed by atoms with Crippen molar-refractivity contribution in [3.05, 3.63) is 24.2 Å². The molecular formula is C18H32N4O3. The molecule has 1 aromatic heterocycles. The fourth-order valence-corrected chi connectivity index (χ4v) is 2.69. The van der Waals surface area contributed by atoms with E-state index in [1.807, 2.05) is 19.1 Å². The zero-order valence-electron chi connectivity index (χ0n) is 15.2. The fourth-order valence-electron chi connectivity index (χ4n) is 2.69. The highest BCUT2D eigenvalue weighted by Gasteiger charge is 2.10. The Morgan fingerprint density at radius 3 is 2.92 bits per heavy atom. The number of morpholine rings is 1. The highest BCUT2D eigenvalue weighted by molar-refractivity contribution is 5.80. The second-order valence-corrected chi connectivity index (χ2v) is 6.23. The van der Waals surface area contributed by atoms with Gasteiger partial charge in [0.2, 0.25) is 0 Å². The molecule has 1 atom stereocenters. The monoisotopic (exact) mass is 352 g/mol. The van der Waals surface area contributed by atoms with Crippen molar-refractivity contribution in [3.63, 3.8) is 0 Å². The van der Waals surface area contributed by atoms with Gasteiger partial charge >= 0.3 is 0 Å². The van der Waals surface area contributed by atoms with Crippen LogP contribution in [-0.2, 0) is 11.2 Å². The van der Waals surface area contributed by atoms with Crippen LogP contribution in [0.25, 0.3) is 0 Å². The number of nitrogens with zero attached hydrogens (tertiary/aromatic N) is 2. The van der Waals surface area contributed by atoms with Crippen LogP contribution in [0.3, 0.4) is 0 Å². The number of guanidine groups is 1. The Hall–Kier alpha value is -1.57. The minimum absolute atomic E-state index is 0.0223. The molecule has 7 nitrogen and oxygen atoms in total. The Bertz CT molecular complexity index is 469. The topological polar surface area (TPSA) is 82.3 Å². The molecule has 7 heteroatoms. The first-order chi connectivity index (χ1) is 12.3. The number of furan rings is 1. The molecule has 2 heterocycles. The number of rotatable bonds is 10. The lowest BCUT2D eigenvalue weighted by atomic mass is 10.2. The molecule has 1 aliphatic heterocycles. The average molecular weight is 352 g/mol. The Balaban J connectivity index is 1.74. The number of nitrogens with one attached hydrogen (secondary N) is 2. The molecule has 1 aliphatic rings. The molecule has 1 aromatic rings. The summed E-state index contributed by atoms with van der Waals surface area (Å²) in [6, 6.07) is 3.89. The normalized spacial score (nSPS) is 17.4. The maximum Gasteiger partial charge on any atom is 0.191 e. The van der Waals surface area contributed by atoms with E-state index >= 15 is 0 Å². The van der Waals surface area contributed by atoms with Gasteiger partial charge in [-0.1, -0.05) is 6.92 Å².